The number of phenolic OH excluding ortho intramolecular Hbond substituents is 1. The van der Waals surface area contributed by atoms with Gasteiger partial charge in [-0.05, 0) is 98.2 Å². The molecule has 578 valence electrons. The Kier molecular flexibility index (Phi) is 32.3. The second kappa shape index (κ2) is 40.8. The largest absolute Gasteiger partial charge is 0.508 e. The van der Waals surface area contributed by atoms with Crippen LogP contribution in [0.5, 0.6) is 5.75 Å². The minimum absolute atomic E-state index is 0.0198. The number of para-hydroxylation sites is 1. The molecule has 12 amide bonds. The number of carboxylic acids is 2. The molecule has 2 heterocycles. The van der Waals surface area contributed by atoms with Gasteiger partial charge in [0.05, 0.1) is 19.1 Å². The summed E-state index contributed by atoms with van der Waals surface area (Å²) in [5, 5.41) is 75.8. The van der Waals surface area contributed by atoms with Crippen molar-refractivity contribution in [1.29, 1.82) is 0 Å². The van der Waals surface area contributed by atoms with Crippen LogP contribution in [0, 0.1) is 11.8 Å². The molecule has 20 N–H and O–H groups in total. The maximum absolute atomic E-state index is 15.1. The lowest BCUT2D eigenvalue weighted by Crippen LogP contribution is -2.61. The fraction of sp³-hybridized carbons (Fsp3) is 0.459. The summed E-state index contributed by atoms with van der Waals surface area (Å²) in [6, 6.07) is 10.7. The van der Waals surface area contributed by atoms with E-state index in [-0.39, 0.29) is 62.7 Å². The van der Waals surface area contributed by atoms with Gasteiger partial charge in [-0.2, -0.15) is 0 Å². The summed E-state index contributed by atoms with van der Waals surface area (Å²) in [6.45, 7) is 8.63. The van der Waals surface area contributed by atoms with Crippen molar-refractivity contribution in [3.8, 4) is 5.75 Å². The Hall–Kier alpha value is -11.3. The number of nitrogens with two attached hydrogens (primary N) is 2. The average molecular weight is 1490 g/mol. The number of aromatic amines is 1. The Labute approximate surface area is 617 Å². The molecule has 4 aromatic carbocycles. The van der Waals surface area contributed by atoms with E-state index in [9.17, 15) is 83.1 Å². The SMILES string of the molecule is CC(C)C[C@H](NC(=O)[C@H](CC(N)=O)NC(=O)[C@H](Cc1c[nH]c2ccccc12)NC(=O)[C@H](Cc1ccc(O)cc1)NC(=O)[C@H](CCC(=O)O)NC(=O)[C@H](C)NC(=O)[C@H](Cc1ccccc1)NC(=O)[C@H](CO)NC(=O)[C@@H](N)[C@@H](C)O)C(=O)N[C@@H](CC(C)C)C(=O)N[C@H](Cc1ccccc1)C(=O)N1CCC[C@H]1C(=O)O. The summed E-state index contributed by atoms with van der Waals surface area (Å²) in [4.78, 5) is 199. The number of nitrogens with one attached hydrogen (secondary N) is 11. The van der Waals surface area contributed by atoms with E-state index in [1.807, 2.05) is 0 Å². The second-order valence-electron chi connectivity index (χ2n) is 27.4. The van der Waals surface area contributed by atoms with Gasteiger partial charge >= 0.3 is 11.9 Å². The standard InChI is InChI=1S/C74H98N14O19/c1-39(2)30-51(66(98)80-52(31-40(3)4)67(99)86-57(34-44-18-11-8-12-19-44)73(105)88-29-15-22-59(88)74(106)107)81-70(102)56(36-60(75)92)85-69(101)55(35-46-37-77-49-21-14-13-20-48(46)49)84-68(100)54(33-45-23-25-47(91)26-24-45)82-64(96)50(27-28-61(93)94)79-63(95)41(5)78-65(97)53(32-43-16-9-7-10-17-43)83-71(103)58(38-89)87-72(104)62(76)42(6)90/h7-14,16-21,23-26,37,39-42,50-59,62,77,89-91H,15,22,27-36,38,76H2,1-6H3,(H2,75,92)(H,78,97)(H,79,95)(H,80,98)(H,81,102)(H,82,96)(H,83,103)(H,84,100)(H,85,101)(H,86,99)(H,87,104)(H,93,94)(H,106,107)/t41-,42+,50-,51-,52-,53-,54-,55-,56-,57+,58-,59-,62-/m0/s1. The van der Waals surface area contributed by atoms with E-state index in [1.54, 1.807) is 119 Å². The molecule has 1 aromatic heterocycles. The fourth-order valence-corrected chi connectivity index (χ4v) is 12.0. The number of rotatable bonds is 41. The third-order valence-electron chi connectivity index (χ3n) is 17.8. The van der Waals surface area contributed by atoms with Crippen molar-refractivity contribution in [1.82, 2.24) is 63.1 Å². The minimum Gasteiger partial charge on any atom is -0.508 e. The summed E-state index contributed by atoms with van der Waals surface area (Å²) >= 11 is 0. The monoisotopic (exact) mass is 1490 g/mol. The van der Waals surface area contributed by atoms with Crippen LogP contribution in [0.2, 0.25) is 0 Å². The number of aliphatic hydroxyl groups excluding tert-OH is 2. The van der Waals surface area contributed by atoms with Crippen molar-refractivity contribution in [2.24, 2.45) is 23.3 Å². The van der Waals surface area contributed by atoms with Crippen molar-refractivity contribution in [2.75, 3.05) is 13.2 Å². The molecule has 6 rings (SSSR count). The van der Waals surface area contributed by atoms with Gasteiger partial charge < -0.3 is 100 Å². The molecule has 1 fully saturated rings. The molecule has 0 unspecified atom stereocenters. The average Bonchev–Trinajstić information content (AvgIpc) is 1.81. The molecule has 0 radical (unpaired) electrons. The number of carboxylic acid groups (broad SMARTS) is 2. The number of carbonyl (C=O) groups excluding carboxylic acids is 12. The molecular weight excluding hydrogens is 1390 g/mol. The van der Waals surface area contributed by atoms with E-state index in [2.05, 4.69) is 58.2 Å². The molecule has 1 saturated heterocycles. The van der Waals surface area contributed by atoms with Crippen molar-refractivity contribution >= 4 is 93.7 Å². The summed E-state index contributed by atoms with van der Waals surface area (Å²) in [6.07, 6.45) is -2.45. The summed E-state index contributed by atoms with van der Waals surface area (Å²) in [7, 11) is 0. The number of benzene rings is 4. The van der Waals surface area contributed by atoms with E-state index in [0.717, 1.165) is 0 Å². The van der Waals surface area contributed by atoms with Crippen LogP contribution in [0.1, 0.15) is 109 Å². The number of amides is 12. The van der Waals surface area contributed by atoms with Crippen molar-refractivity contribution in [2.45, 2.75) is 191 Å². The molecular formula is C74H98N14O19. The van der Waals surface area contributed by atoms with Crippen molar-refractivity contribution in [3.05, 3.63) is 138 Å². The molecule has 0 saturated carbocycles. The Morgan fingerprint density at radius 2 is 0.916 bits per heavy atom. The zero-order valence-corrected chi connectivity index (χ0v) is 60.4. The lowest BCUT2D eigenvalue weighted by molar-refractivity contribution is -0.149. The number of hydrogen-bond donors (Lipinski definition) is 18. The lowest BCUT2D eigenvalue weighted by Gasteiger charge is -2.30. The van der Waals surface area contributed by atoms with E-state index < -0.39 is 194 Å². The summed E-state index contributed by atoms with van der Waals surface area (Å²) in [5.74, 6) is -15.4. The molecule has 0 spiro atoms. The van der Waals surface area contributed by atoms with Crippen molar-refractivity contribution < 1.29 is 92.7 Å². The van der Waals surface area contributed by atoms with Crippen LogP contribution in [0.25, 0.3) is 10.9 Å². The first-order chi connectivity index (χ1) is 50.7. The summed E-state index contributed by atoms with van der Waals surface area (Å²) < 4.78 is 0. The third kappa shape index (κ3) is 26.4. The molecule has 5 aromatic rings. The highest BCUT2D eigenvalue weighted by atomic mass is 16.4. The minimum atomic E-state index is -1.86. The van der Waals surface area contributed by atoms with Crippen LogP contribution in [-0.2, 0) is 92.8 Å². The van der Waals surface area contributed by atoms with Gasteiger partial charge in [0.2, 0.25) is 70.9 Å². The number of nitrogens with zero attached hydrogens (tertiary/aromatic N) is 1. The van der Waals surface area contributed by atoms with Gasteiger partial charge in [0.15, 0.2) is 0 Å². The number of primary amides is 1. The number of H-pyrrole nitrogens is 1. The van der Waals surface area contributed by atoms with Crippen LogP contribution < -0.4 is 64.6 Å². The second-order valence-corrected chi connectivity index (χ2v) is 27.4. The quantitative estimate of drug-likeness (QED) is 0.0214. The Balaban J connectivity index is 1.26. The lowest BCUT2D eigenvalue weighted by atomic mass is 9.98. The number of aliphatic hydroxyl groups is 2. The molecule has 0 bridgehead atoms. The molecule has 13 atom stereocenters. The number of aliphatic carboxylic acids is 2. The zero-order chi connectivity index (χ0) is 78.8. The van der Waals surface area contributed by atoms with Crippen molar-refractivity contribution in [3.63, 3.8) is 0 Å². The molecule has 0 aliphatic carbocycles. The van der Waals surface area contributed by atoms with Gasteiger partial charge in [-0.3, -0.25) is 62.3 Å². The zero-order valence-electron chi connectivity index (χ0n) is 60.4. The molecule has 1 aliphatic heterocycles. The third-order valence-corrected chi connectivity index (χ3v) is 17.8. The van der Waals surface area contributed by atoms with Gasteiger partial charge in [-0.25, -0.2) is 4.79 Å². The highest BCUT2D eigenvalue weighted by Crippen LogP contribution is 2.23. The maximum atomic E-state index is 15.1. The number of likely N-dealkylation sites (tertiary alicyclic amines) is 1. The number of fused-ring (bicyclic) bond motifs is 1. The van der Waals surface area contributed by atoms with Gasteiger partial charge in [0, 0.05) is 55.7 Å². The smallest absolute Gasteiger partial charge is 0.326 e. The van der Waals surface area contributed by atoms with Crippen LogP contribution in [0.15, 0.2) is 115 Å². The van der Waals surface area contributed by atoms with Crippen LogP contribution in [0.3, 0.4) is 0 Å². The number of aromatic nitrogens is 1. The summed E-state index contributed by atoms with van der Waals surface area (Å²) in [5.41, 5.74) is 13.9. The predicted octanol–water partition coefficient (Wildman–Crippen LogP) is -1.38. The first-order valence-corrected chi connectivity index (χ1v) is 35.2. The number of phenols is 1. The molecule has 107 heavy (non-hydrogen) atoms. The topological polar surface area (TPSA) is 531 Å². The highest BCUT2D eigenvalue weighted by molar-refractivity contribution is 6.01. The number of aromatic hydroxyl groups is 1. The number of carbonyl (C=O) groups is 14. The Morgan fingerprint density at radius 1 is 0.495 bits per heavy atom. The van der Waals surface area contributed by atoms with E-state index in [4.69, 9.17) is 11.5 Å². The fourth-order valence-electron chi connectivity index (χ4n) is 12.0. The van der Waals surface area contributed by atoms with Gasteiger partial charge in [0.1, 0.15) is 78.3 Å². The van der Waals surface area contributed by atoms with E-state index in [0.29, 0.717) is 39.6 Å². The maximum Gasteiger partial charge on any atom is 0.326 e. The highest BCUT2D eigenvalue weighted by Gasteiger charge is 2.41. The van der Waals surface area contributed by atoms with Gasteiger partial charge in [0.25, 0.3) is 0 Å². The predicted molar refractivity (Wildman–Crippen MR) is 388 cm³/mol. The van der Waals surface area contributed by atoms with Gasteiger partial charge in [-0.1, -0.05) is 119 Å². The van der Waals surface area contributed by atoms with E-state index >= 15 is 9.59 Å². The van der Waals surface area contributed by atoms with E-state index in [1.165, 1.54) is 43.0 Å². The van der Waals surface area contributed by atoms with Crippen LogP contribution in [-0.4, -0.2) is 210 Å². The normalized spacial score (nSPS) is 16.1. The molecule has 33 heteroatoms. The molecule has 33 nitrogen and oxygen atoms in total. The van der Waals surface area contributed by atoms with Crippen LogP contribution in [0.4, 0.5) is 0 Å². The first kappa shape index (κ1) is 84.6. The Bertz CT molecular complexity index is 3930. The van der Waals surface area contributed by atoms with Crippen LogP contribution >= 0.6 is 0 Å². The molecule has 1 aliphatic rings. The Morgan fingerprint density at radius 3 is 1.42 bits per heavy atom. The number of hydrogen-bond acceptors (Lipinski definition) is 18. The first-order valence-electron chi connectivity index (χ1n) is 35.2. The van der Waals surface area contributed by atoms with Gasteiger partial charge in [-0.15, -0.1) is 0 Å².